The number of phenolic OH excluding ortho intramolecular Hbond substituents is 1. The number of hydrogen-bond donors (Lipinski definition) is 3. The van der Waals surface area contributed by atoms with Gasteiger partial charge in [0.1, 0.15) is 23.9 Å². The number of carbonyl (C=O) groups excluding carboxylic acids is 3. The first-order valence-corrected chi connectivity index (χ1v) is 10.8. The van der Waals surface area contributed by atoms with E-state index in [2.05, 4.69) is 10.6 Å². The Balaban J connectivity index is 1.58. The molecule has 1 heterocycles. The van der Waals surface area contributed by atoms with Crippen molar-refractivity contribution in [3.8, 4) is 5.75 Å². The van der Waals surface area contributed by atoms with Gasteiger partial charge in [0.15, 0.2) is 5.78 Å². The average molecular weight is 447 g/mol. The third kappa shape index (κ3) is 4.73. The molecule has 170 valence electrons. The Morgan fingerprint density at radius 1 is 1.09 bits per heavy atom. The smallest absolute Gasteiger partial charge is 0.251 e. The minimum Gasteiger partial charge on any atom is -0.508 e. The van der Waals surface area contributed by atoms with Crippen LogP contribution in [0.4, 0.5) is 0 Å². The van der Waals surface area contributed by atoms with Crippen LogP contribution in [0, 0.1) is 0 Å². The standard InChI is InChI=1S/C26H26N2O5/c1-16-26(2,23(30)15-33-16)28-25(32)22(13-17-7-11-21(29)12-8-17)27-24(31)20-10-9-18-5-3-4-6-19(18)14-20/h3-12,14,16,22,29H,13,15H2,1-2H3,(H,27,31)(H,28,32). The second-order valence-corrected chi connectivity index (χ2v) is 8.53. The lowest BCUT2D eigenvalue weighted by Crippen LogP contribution is -2.60. The average Bonchev–Trinajstić information content (AvgIpc) is 3.06. The zero-order valence-corrected chi connectivity index (χ0v) is 18.5. The quantitative estimate of drug-likeness (QED) is 0.540. The molecule has 7 nitrogen and oxygen atoms in total. The highest BCUT2D eigenvalue weighted by molar-refractivity contribution is 6.02. The molecule has 33 heavy (non-hydrogen) atoms. The molecule has 1 saturated heterocycles. The number of Topliss-reactive ketones (excluding diaryl/α,β-unsaturated/α-hetero) is 1. The Labute approximate surface area is 191 Å². The van der Waals surface area contributed by atoms with E-state index in [1.165, 1.54) is 12.1 Å². The molecule has 0 saturated carbocycles. The molecule has 3 atom stereocenters. The van der Waals surface area contributed by atoms with E-state index >= 15 is 0 Å². The van der Waals surface area contributed by atoms with Gasteiger partial charge in [-0.15, -0.1) is 0 Å². The minimum atomic E-state index is -1.17. The molecule has 0 radical (unpaired) electrons. The second-order valence-electron chi connectivity index (χ2n) is 8.53. The van der Waals surface area contributed by atoms with Gasteiger partial charge in [-0.25, -0.2) is 0 Å². The summed E-state index contributed by atoms with van der Waals surface area (Å²) in [5, 5.41) is 17.1. The topological polar surface area (TPSA) is 105 Å². The predicted molar refractivity (Wildman–Crippen MR) is 124 cm³/mol. The lowest BCUT2D eigenvalue weighted by molar-refractivity contribution is -0.130. The fourth-order valence-electron chi connectivity index (χ4n) is 3.91. The van der Waals surface area contributed by atoms with E-state index in [0.29, 0.717) is 5.56 Å². The third-order valence-corrected chi connectivity index (χ3v) is 6.25. The molecule has 3 N–H and O–H groups in total. The van der Waals surface area contributed by atoms with Crippen LogP contribution in [-0.4, -0.2) is 47.0 Å². The number of nitrogens with one attached hydrogen (secondary N) is 2. The summed E-state index contributed by atoms with van der Waals surface area (Å²) >= 11 is 0. The maximum Gasteiger partial charge on any atom is 0.251 e. The first-order chi connectivity index (χ1) is 15.8. The summed E-state index contributed by atoms with van der Waals surface area (Å²) in [6, 6.07) is 18.5. The highest BCUT2D eigenvalue weighted by Gasteiger charge is 2.47. The third-order valence-electron chi connectivity index (χ3n) is 6.25. The number of aromatic hydroxyl groups is 1. The normalized spacial score (nSPS) is 21.0. The molecule has 1 aliphatic heterocycles. The van der Waals surface area contributed by atoms with Crippen molar-refractivity contribution in [3.63, 3.8) is 0 Å². The fourth-order valence-corrected chi connectivity index (χ4v) is 3.91. The highest BCUT2D eigenvalue weighted by atomic mass is 16.5. The fraction of sp³-hybridized carbons (Fsp3) is 0.269. The molecule has 0 aromatic heterocycles. The molecule has 3 aromatic carbocycles. The van der Waals surface area contributed by atoms with Crippen LogP contribution in [-0.2, 0) is 20.7 Å². The number of hydrogen-bond acceptors (Lipinski definition) is 5. The van der Waals surface area contributed by atoms with Gasteiger partial charge in [-0.3, -0.25) is 14.4 Å². The van der Waals surface area contributed by atoms with Crippen LogP contribution in [0.15, 0.2) is 66.7 Å². The van der Waals surface area contributed by atoms with Crippen LogP contribution in [0.2, 0.25) is 0 Å². The number of amides is 2. The molecule has 0 aliphatic carbocycles. The Bertz CT molecular complexity index is 1210. The number of ether oxygens (including phenoxy) is 1. The molecule has 7 heteroatoms. The maximum absolute atomic E-state index is 13.3. The predicted octanol–water partition coefficient (Wildman–Crippen LogP) is 2.75. The van der Waals surface area contributed by atoms with Crippen molar-refractivity contribution in [2.75, 3.05) is 6.61 Å². The van der Waals surface area contributed by atoms with Gasteiger partial charge >= 0.3 is 0 Å². The number of benzene rings is 3. The minimum absolute atomic E-state index is 0.0655. The molecular formula is C26H26N2O5. The van der Waals surface area contributed by atoms with Gasteiger partial charge in [-0.05, 0) is 54.4 Å². The van der Waals surface area contributed by atoms with Gasteiger partial charge in [0.2, 0.25) is 5.91 Å². The molecule has 3 unspecified atom stereocenters. The lowest BCUT2D eigenvalue weighted by atomic mass is 9.92. The number of phenols is 1. The van der Waals surface area contributed by atoms with Crippen molar-refractivity contribution < 1.29 is 24.2 Å². The van der Waals surface area contributed by atoms with Gasteiger partial charge in [0.05, 0.1) is 6.10 Å². The van der Waals surface area contributed by atoms with Crippen molar-refractivity contribution in [1.82, 2.24) is 10.6 Å². The molecule has 1 fully saturated rings. The molecule has 0 bridgehead atoms. The summed E-state index contributed by atoms with van der Waals surface area (Å²) < 4.78 is 5.40. The van der Waals surface area contributed by atoms with Crippen LogP contribution in [0.3, 0.4) is 0 Å². The first-order valence-electron chi connectivity index (χ1n) is 10.8. The Morgan fingerprint density at radius 2 is 1.79 bits per heavy atom. The Hall–Kier alpha value is -3.71. The van der Waals surface area contributed by atoms with Crippen molar-refractivity contribution in [2.24, 2.45) is 0 Å². The van der Waals surface area contributed by atoms with E-state index in [4.69, 9.17) is 4.74 Å². The van der Waals surface area contributed by atoms with Crippen molar-refractivity contribution >= 4 is 28.4 Å². The van der Waals surface area contributed by atoms with Gasteiger partial charge in [-0.2, -0.15) is 0 Å². The largest absolute Gasteiger partial charge is 0.508 e. The van der Waals surface area contributed by atoms with Gasteiger partial charge in [-0.1, -0.05) is 42.5 Å². The molecule has 0 spiro atoms. The summed E-state index contributed by atoms with van der Waals surface area (Å²) in [4.78, 5) is 38.7. The van der Waals surface area contributed by atoms with E-state index in [0.717, 1.165) is 16.3 Å². The highest BCUT2D eigenvalue weighted by Crippen LogP contribution is 2.23. The maximum atomic E-state index is 13.3. The van der Waals surface area contributed by atoms with Crippen molar-refractivity contribution in [1.29, 1.82) is 0 Å². The molecule has 2 amide bonds. The number of carbonyl (C=O) groups is 3. The first kappa shape index (κ1) is 22.5. The van der Waals surface area contributed by atoms with Crippen LogP contribution >= 0.6 is 0 Å². The van der Waals surface area contributed by atoms with Gasteiger partial charge < -0.3 is 20.5 Å². The Morgan fingerprint density at radius 3 is 2.45 bits per heavy atom. The number of ketones is 1. The van der Waals surface area contributed by atoms with E-state index in [9.17, 15) is 19.5 Å². The van der Waals surface area contributed by atoms with Crippen molar-refractivity contribution in [2.45, 2.75) is 38.0 Å². The van der Waals surface area contributed by atoms with Crippen LogP contribution < -0.4 is 10.6 Å². The summed E-state index contributed by atoms with van der Waals surface area (Å²) in [6.07, 6.45) is -0.301. The van der Waals surface area contributed by atoms with E-state index in [1.54, 1.807) is 38.1 Å². The summed E-state index contributed by atoms with van der Waals surface area (Å²) in [6.45, 7) is 3.30. The molecular weight excluding hydrogens is 420 g/mol. The van der Waals surface area contributed by atoms with Crippen molar-refractivity contribution in [3.05, 3.63) is 77.9 Å². The van der Waals surface area contributed by atoms with E-state index in [1.807, 2.05) is 30.3 Å². The van der Waals surface area contributed by atoms with Crippen LogP contribution in [0.1, 0.15) is 29.8 Å². The molecule has 4 rings (SSSR count). The molecule has 1 aliphatic rings. The van der Waals surface area contributed by atoms with Gasteiger partial charge in [0.25, 0.3) is 5.91 Å². The van der Waals surface area contributed by atoms with Gasteiger partial charge in [0, 0.05) is 12.0 Å². The summed E-state index contributed by atoms with van der Waals surface area (Å²) in [5.74, 6) is -0.986. The summed E-state index contributed by atoms with van der Waals surface area (Å²) in [7, 11) is 0. The second kappa shape index (κ2) is 9.03. The number of fused-ring (bicyclic) bond motifs is 1. The van der Waals surface area contributed by atoms with E-state index in [-0.39, 0.29) is 24.6 Å². The summed E-state index contributed by atoms with van der Waals surface area (Å²) in [5.41, 5.74) is 0.00819. The van der Waals surface area contributed by atoms with E-state index < -0.39 is 29.5 Å². The lowest BCUT2D eigenvalue weighted by Gasteiger charge is -2.30. The Kier molecular flexibility index (Phi) is 6.16. The number of rotatable bonds is 6. The zero-order chi connectivity index (χ0) is 23.6. The molecule has 3 aromatic rings. The monoisotopic (exact) mass is 446 g/mol. The SMILES string of the molecule is CC1OCC(=O)C1(C)NC(=O)C(Cc1ccc(O)cc1)NC(=O)c1ccc2ccccc2c1. The van der Waals surface area contributed by atoms with Crippen LogP contribution in [0.25, 0.3) is 10.8 Å². The zero-order valence-electron chi connectivity index (χ0n) is 18.5. The van der Waals surface area contributed by atoms with Crippen LogP contribution in [0.5, 0.6) is 5.75 Å².